The molecular weight excluding hydrogens is 542 g/mol. The third-order valence-electron chi connectivity index (χ3n) is 7.39. The maximum atomic E-state index is 12.7. The van der Waals surface area contributed by atoms with Crippen LogP contribution in [0.5, 0.6) is 0 Å². The first-order valence-electron chi connectivity index (χ1n) is 14.0. The van der Waals surface area contributed by atoms with Crippen molar-refractivity contribution in [1.82, 2.24) is 24.7 Å². The number of thiophene rings is 1. The van der Waals surface area contributed by atoms with E-state index < -0.39 is 0 Å². The van der Waals surface area contributed by atoms with Gasteiger partial charge in [-0.1, -0.05) is 36.4 Å². The Morgan fingerprint density at radius 2 is 1.90 bits per heavy atom. The Balaban J connectivity index is 1.19. The maximum Gasteiger partial charge on any atom is 0.229 e. The number of fused-ring (bicyclic) bond motifs is 1. The predicted octanol–water partition coefficient (Wildman–Crippen LogP) is 6.87. The zero-order chi connectivity index (χ0) is 28.3. The van der Waals surface area contributed by atoms with Crippen molar-refractivity contribution in [2.24, 2.45) is 0 Å². The smallest absolute Gasteiger partial charge is 0.229 e. The summed E-state index contributed by atoms with van der Waals surface area (Å²) in [5, 5.41) is 11.9. The van der Waals surface area contributed by atoms with Gasteiger partial charge >= 0.3 is 0 Å². The van der Waals surface area contributed by atoms with Crippen LogP contribution in [-0.2, 0) is 11.2 Å². The van der Waals surface area contributed by atoms with Gasteiger partial charge in [-0.15, -0.1) is 11.3 Å². The lowest BCUT2D eigenvalue weighted by atomic mass is 10.1. The van der Waals surface area contributed by atoms with Crippen LogP contribution in [0, 0.1) is 0 Å². The number of anilines is 3. The summed E-state index contributed by atoms with van der Waals surface area (Å²) < 4.78 is 2.03. The fraction of sp³-hybridized carbons (Fsp3) is 0.152. The third kappa shape index (κ3) is 5.52. The van der Waals surface area contributed by atoms with E-state index in [0.717, 1.165) is 51.1 Å². The van der Waals surface area contributed by atoms with Gasteiger partial charge in [-0.05, 0) is 78.9 Å². The average molecular weight is 572 g/mol. The molecule has 6 aromatic rings. The molecule has 9 heteroatoms. The summed E-state index contributed by atoms with van der Waals surface area (Å²) in [6, 6.07) is 28.4. The Hall–Kier alpha value is -4.86. The van der Waals surface area contributed by atoms with E-state index in [1.54, 1.807) is 17.5 Å². The van der Waals surface area contributed by atoms with Crippen molar-refractivity contribution in [3.8, 4) is 22.6 Å². The minimum atomic E-state index is -0.0520. The van der Waals surface area contributed by atoms with E-state index in [1.165, 1.54) is 18.4 Å². The summed E-state index contributed by atoms with van der Waals surface area (Å²) in [6.07, 6.45) is 6.47. The fourth-order valence-corrected chi connectivity index (χ4v) is 6.11. The third-order valence-corrected chi connectivity index (χ3v) is 8.27. The summed E-state index contributed by atoms with van der Waals surface area (Å²) in [5.74, 6) is 0.453. The molecule has 42 heavy (non-hydrogen) atoms. The minimum Gasteiger partial charge on any atom is -0.326 e. The lowest BCUT2D eigenvalue weighted by molar-refractivity contribution is -0.115. The van der Waals surface area contributed by atoms with E-state index in [1.807, 2.05) is 76.6 Å². The van der Waals surface area contributed by atoms with Crippen LogP contribution in [-0.4, -0.2) is 31.8 Å². The molecule has 2 aromatic carbocycles. The maximum absolute atomic E-state index is 12.7. The molecule has 0 saturated carbocycles. The largest absolute Gasteiger partial charge is 0.326 e. The first-order valence-corrected chi connectivity index (χ1v) is 14.9. The van der Waals surface area contributed by atoms with Crippen molar-refractivity contribution in [3.63, 3.8) is 0 Å². The second kappa shape index (κ2) is 11.6. The lowest BCUT2D eigenvalue weighted by Crippen LogP contribution is -2.13. The van der Waals surface area contributed by atoms with Crippen LogP contribution >= 0.6 is 11.3 Å². The van der Waals surface area contributed by atoms with Crippen LogP contribution in [0.25, 0.3) is 28.3 Å². The van der Waals surface area contributed by atoms with Crippen molar-refractivity contribution in [2.45, 2.75) is 25.3 Å². The summed E-state index contributed by atoms with van der Waals surface area (Å²) in [7, 11) is 0. The number of benzene rings is 2. The highest BCUT2D eigenvalue weighted by Gasteiger charge is 2.19. The van der Waals surface area contributed by atoms with Crippen LogP contribution in [0.2, 0.25) is 0 Å². The first-order chi connectivity index (χ1) is 20.7. The Morgan fingerprint density at radius 3 is 2.74 bits per heavy atom. The molecule has 1 aliphatic rings. The SMILES string of the molecule is O=C(Cc1cccs1)Nc1cccc(-c2nc3ccccn3c2-c2ccnc(Nc3ccc(C4CCCN4)cc3)n2)c1. The molecule has 0 bridgehead atoms. The summed E-state index contributed by atoms with van der Waals surface area (Å²) in [4.78, 5) is 28.1. The summed E-state index contributed by atoms with van der Waals surface area (Å²) in [5.41, 5.74) is 6.99. The molecule has 5 heterocycles. The van der Waals surface area contributed by atoms with Gasteiger partial charge in [0.1, 0.15) is 5.65 Å². The van der Waals surface area contributed by atoms with Gasteiger partial charge < -0.3 is 16.0 Å². The number of carbonyl (C=O) groups excluding carboxylic acids is 1. The highest BCUT2D eigenvalue weighted by atomic mass is 32.1. The van der Waals surface area contributed by atoms with Crippen LogP contribution in [0.4, 0.5) is 17.3 Å². The number of nitrogens with zero attached hydrogens (tertiary/aromatic N) is 4. The van der Waals surface area contributed by atoms with Gasteiger partial charge in [0.15, 0.2) is 0 Å². The summed E-state index contributed by atoms with van der Waals surface area (Å²) >= 11 is 1.58. The molecule has 0 aliphatic carbocycles. The fourth-order valence-electron chi connectivity index (χ4n) is 5.41. The van der Waals surface area contributed by atoms with Gasteiger partial charge in [0.2, 0.25) is 11.9 Å². The van der Waals surface area contributed by atoms with Crippen molar-refractivity contribution in [3.05, 3.63) is 113 Å². The second-order valence-electron chi connectivity index (χ2n) is 10.3. The van der Waals surface area contributed by atoms with Gasteiger partial charge in [0, 0.05) is 40.3 Å². The van der Waals surface area contributed by atoms with Crippen molar-refractivity contribution >= 4 is 40.2 Å². The average Bonchev–Trinajstić information content (AvgIpc) is 3.80. The van der Waals surface area contributed by atoms with Crippen LogP contribution in [0.15, 0.2) is 103 Å². The molecule has 0 spiro atoms. The van der Waals surface area contributed by atoms with Crippen molar-refractivity contribution in [2.75, 3.05) is 17.2 Å². The van der Waals surface area contributed by atoms with Gasteiger partial charge in [0.25, 0.3) is 0 Å². The van der Waals surface area contributed by atoms with Gasteiger partial charge in [-0.25, -0.2) is 15.0 Å². The molecule has 1 aliphatic heterocycles. The standard InChI is InChI=1S/C33H29N7OS/c41-30(21-26-8-5-19-42-26)36-25-7-3-6-23(20-25)31-32(40-18-2-1-10-29(40)39-31)28-15-17-35-33(38-28)37-24-13-11-22(12-14-24)27-9-4-16-34-27/h1-3,5-8,10-15,17-20,27,34H,4,9,16,21H2,(H,36,41)(H,35,37,38). The predicted molar refractivity (Wildman–Crippen MR) is 168 cm³/mol. The highest BCUT2D eigenvalue weighted by Crippen LogP contribution is 2.33. The molecule has 7 rings (SSSR count). The van der Waals surface area contributed by atoms with E-state index in [9.17, 15) is 4.79 Å². The van der Waals surface area contributed by atoms with Gasteiger partial charge in [-0.3, -0.25) is 9.20 Å². The number of hydrogen-bond acceptors (Lipinski definition) is 7. The Morgan fingerprint density at radius 1 is 0.976 bits per heavy atom. The van der Waals surface area contributed by atoms with Gasteiger partial charge in [0.05, 0.1) is 23.5 Å². The number of aromatic nitrogens is 4. The monoisotopic (exact) mass is 571 g/mol. The Kier molecular flexibility index (Phi) is 7.17. The molecule has 4 aromatic heterocycles. The number of pyridine rings is 1. The van der Waals surface area contributed by atoms with Crippen LogP contribution < -0.4 is 16.0 Å². The minimum absolute atomic E-state index is 0.0520. The molecule has 1 fully saturated rings. The molecule has 0 radical (unpaired) electrons. The number of hydrogen-bond donors (Lipinski definition) is 3. The van der Waals surface area contributed by atoms with E-state index in [-0.39, 0.29) is 5.91 Å². The quantitative estimate of drug-likeness (QED) is 0.185. The van der Waals surface area contributed by atoms with E-state index in [2.05, 4.69) is 45.2 Å². The van der Waals surface area contributed by atoms with Crippen molar-refractivity contribution in [1.29, 1.82) is 0 Å². The van der Waals surface area contributed by atoms with Gasteiger partial charge in [-0.2, -0.15) is 0 Å². The molecule has 1 amide bonds. The molecule has 1 saturated heterocycles. The Labute approximate surface area is 247 Å². The number of imidazole rings is 1. The normalized spacial score (nSPS) is 14.7. The van der Waals surface area contributed by atoms with Crippen molar-refractivity contribution < 1.29 is 4.79 Å². The number of carbonyl (C=O) groups is 1. The van der Waals surface area contributed by atoms with Crippen LogP contribution in [0.3, 0.4) is 0 Å². The second-order valence-corrected chi connectivity index (χ2v) is 11.3. The topological polar surface area (TPSA) is 96.2 Å². The lowest BCUT2D eigenvalue weighted by Gasteiger charge is -2.12. The highest BCUT2D eigenvalue weighted by molar-refractivity contribution is 7.10. The number of nitrogens with one attached hydrogen (secondary N) is 3. The molecule has 208 valence electrons. The first kappa shape index (κ1) is 26.1. The Bertz CT molecular complexity index is 1840. The number of amides is 1. The van der Waals surface area contributed by atoms with E-state index >= 15 is 0 Å². The van der Waals surface area contributed by atoms with Crippen LogP contribution in [0.1, 0.15) is 29.3 Å². The molecular formula is C33H29N7OS. The summed E-state index contributed by atoms with van der Waals surface area (Å²) in [6.45, 7) is 1.07. The molecule has 1 atom stereocenters. The van der Waals surface area contributed by atoms with E-state index in [4.69, 9.17) is 9.97 Å². The van der Waals surface area contributed by atoms with E-state index in [0.29, 0.717) is 18.4 Å². The zero-order valence-electron chi connectivity index (χ0n) is 22.8. The molecule has 8 nitrogen and oxygen atoms in total. The zero-order valence-corrected chi connectivity index (χ0v) is 23.6. The molecule has 3 N–H and O–H groups in total. The number of rotatable bonds is 8. The molecule has 1 unspecified atom stereocenters.